The zero-order chi connectivity index (χ0) is 26.6. The van der Waals surface area contributed by atoms with E-state index >= 15 is 0 Å². The standard InChI is InChI=1S/C35H22N4O.Pt/c1-38-32-14-5-3-12-30(32)37-35(38)24-15-16-29-28-10-2-4-13-31(28)39(33(29)21-24)26-9-6-8-23(20-26)34-27(11-7-18-36-34)25-17-19-40-22-25;/h2-19,22H,1H3;/q-2;+2. The normalized spacial score (nSPS) is 11.3. The smallest absolute Gasteiger partial charge is 0.472 e. The number of aryl methyl sites for hydroxylation is 1. The third-order valence-corrected chi connectivity index (χ3v) is 7.53. The van der Waals surface area contributed by atoms with Gasteiger partial charge in [-0.05, 0) is 58.2 Å². The maximum absolute atomic E-state index is 5.36. The van der Waals surface area contributed by atoms with E-state index in [2.05, 4.69) is 95.0 Å². The molecule has 4 aromatic carbocycles. The minimum atomic E-state index is 0. The predicted molar refractivity (Wildman–Crippen MR) is 159 cm³/mol. The van der Waals surface area contributed by atoms with Gasteiger partial charge in [0.1, 0.15) is 0 Å². The van der Waals surface area contributed by atoms with Gasteiger partial charge in [0.25, 0.3) is 0 Å². The molecule has 8 aromatic rings. The SMILES string of the molecule is Cn1c(-c2[c-]c3c(cc2)c2ccccc2n3-c2[c-]c(-c3ncccc3-c3ccoc3)ccc2)nc2ccccc21.[Pt+2]. The molecule has 0 aliphatic rings. The molecule has 0 N–H and O–H groups in total. The molecule has 0 atom stereocenters. The summed E-state index contributed by atoms with van der Waals surface area (Å²) in [6.07, 6.45) is 5.24. The number of nitrogens with zero attached hydrogens (tertiary/aromatic N) is 4. The van der Waals surface area contributed by atoms with Crippen molar-refractivity contribution in [3.05, 3.63) is 128 Å². The van der Waals surface area contributed by atoms with E-state index in [1.807, 2.05) is 36.5 Å². The van der Waals surface area contributed by atoms with E-state index in [0.29, 0.717) is 0 Å². The summed E-state index contributed by atoms with van der Waals surface area (Å²) in [5.74, 6) is 0.885. The fourth-order valence-corrected chi connectivity index (χ4v) is 5.66. The van der Waals surface area contributed by atoms with Crippen LogP contribution in [0.3, 0.4) is 0 Å². The molecular weight excluding hydrogens is 687 g/mol. The first kappa shape index (κ1) is 25.3. The van der Waals surface area contributed by atoms with Crippen molar-refractivity contribution in [1.82, 2.24) is 19.1 Å². The molecule has 0 amide bonds. The van der Waals surface area contributed by atoms with Crippen molar-refractivity contribution in [3.8, 4) is 39.5 Å². The third kappa shape index (κ3) is 4.04. The average molecular weight is 710 g/mol. The van der Waals surface area contributed by atoms with E-state index in [1.165, 1.54) is 5.39 Å². The molecule has 0 fully saturated rings. The quantitative estimate of drug-likeness (QED) is 0.173. The summed E-state index contributed by atoms with van der Waals surface area (Å²) in [5.41, 5.74) is 9.76. The van der Waals surface area contributed by atoms with Crippen molar-refractivity contribution >= 4 is 32.8 Å². The van der Waals surface area contributed by atoms with Crippen LogP contribution in [0.1, 0.15) is 0 Å². The van der Waals surface area contributed by atoms with Crippen molar-refractivity contribution in [2.75, 3.05) is 0 Å². The molecule has 0 saturated heterocycles. The van der Waals surface area contributed by atoms with Gasteiger partial charge in [-0.3, -0.25) is 4.98 Å². The fourth-order valence-electron chi connectivity index (χ4n) is 5.66. The van der Waals surface area contributed by atoms with E-state index in [9.17, 15) is 0 Å². The van der Waals surface area contributed by atoms with E-state index in [0.717, 1.165) is 66.9 Å². The van der Waals surface area contributed by atoms with E-state index < -0.39 is 0 Å². The summed E-state index contributed by atoms with van der Waals surface area (Å²) in [4.78, 5) is 9.67. The Morgan fingerprint density at radius 1 is 0.732 bits per heavy atom. The second-order valence-electron chi connectivity index (χ2n) is 9.83. The molecule has 0 bridgehead atoms. The van der Waals surface area contributed by atoms with Crippen LogP contribution in [0.25, 0.3) is 72.3 Å². The van der Waals surface area contributed by atoms with Gasteiger partial charge in [0.15, 0.2) is 0 Å². The summed E-state index contributed by atoms with van der Waals surface area (Å²) in [7, 11) is 2.06. The summed E-state index contributed by atoms with van der Waals surface area (Å²) in [6.45, 7) is 0. The Kier molecular flexibility index (Phi) is 6.18. The molecule has 4 aromatic heterocycles. The molecule has 8 rings (SSSR count). The summed E-state index contributed by atoms with van der Waals surface area (Å²) in [5, 5.41) is 2.30. The van der Waals surface area contributed by atoms with E-state index in [4.69, 9.17) is 14.4 Å². The molecule has 0 aliphatic heterocycles. The van der Waals surface area contributed by atoms with Crippen LogP contribution in [-0.2, 0) is 28.1 Å². The zero-order valence-electron chi connectivity index (χ0n) is 22.0. The predicted octanol–water partition coefficient (Wildman–Crippen LogP) is 8.26. The largest absolute Gasteiger partial charge is 2.00 e. The van der Waals surface area contributed by atoms with Crippen molar-refractivity contribution in [2.24, 2.45) is 7.05 Å². The van der Waals surface area contributed by atoms with Crippen LogP contribution in [-0.4, -0.2) is 19.1 Å². The molecule has 0 aliphatic carbocycles. The summed E-state index contributed by atoms with van der Waals surface area (Å²) >= 11 is 0. The van der Waals surface area contributed by atoms with Crippen LogP contribution in [0.5, 0.6) is 0 Å². The number of aromatic nitrogens is 4. The van der Waals surface area contributed by atoms with E-state index in [1.54, 1.807) is 12.5 Å². The maximum atomic E-state index is 5.36. The molecule has 0 saturated carbocycles. The third-order valence-electron chi connectivity index (χ3n) is 7.53. The Labute approximate surface area is 251 Å². The number of rotatable bonds is 4. The minimum Gasteiger partial charge on any atom is -0.472 e. The van der Waals surface area contributed by atoms with Gasteiger partial charge in [0, 0.05) is 24.3 Å². The van der Waals surface area contributed by atoms with Gasteiger partial charge in [-0.2, -0.15) is 0 Å². The Balaban J connectivity index is 0.00000276. The van der Waals surface area contributed by atoms with Gasteiger partial charge in [-0.1, -0.05) is 41.8 Å². The van der Waals surface area contributed by atoms with Crippen LogP contribution in [0.4, 0.5) is 0 Å². The number of para-hydroxylation sites is 3. The van der Waals surface area contributed by atoms with Gasteiger partial charge in [-0.25, -0.2) is 0 Å². The van der Waals surface area contributed by atoms with Gasteiger partial charge in [0.05, 0.1) is 29.4 Å². The first-order chi connectivity index (χ1) is 19.8. The molecule has 4 heterocycles. The van der Waals surface area contributed by atoms with Crippen LogP contribution >= 0.6 is 0 Å². The number of hydrogen-bond donors (Lipinski definition) is 0. The summed E-state index contributed by atoms with van der Waals surface area (Å²) < 4.78 is 9.73. The molecule has 0 spiro atoms. The number of imidazole rings is 1. The van der Waals surface area contributed by atoms with Crippen LogP contribution in [0.2, 0.25) is 0 Å². The molecule has 0 radical (unpaired) electrons. The molecule has 198 valence electrons. The zero-order valence-corrected chi connectivity index (χ0v) is 24.3. The molecule has 41 heavy (non-hydrogen) atoms. The number of benzene rings is 4. The molecule has 0 unspecified atom stereocenters. The van der Waals surface area contributed by atoms with Crippen LogP contribution in [0, 0.1) is 12.1 Å². The summed E-state index contributed by atoms with van der Waals surface area (Å²) in [6, 6.07) is 40.5. The Morgan fingerprint density at radius 3 is 2.44 bits per heavy atom. The number of fused-ring (bicyclic) bond motifs is 4. The topological polar surface area (TPSA) is 48.8 Å². The first-order valence-corrected chi connectivity index (χ1v) is 13.1. The minimum absolute atomic E-state index is 0. The Hall–Kier alpha value is -4.73. The van der Waals surface area contributed by atoms with Crippen LogP contribution < -0.4 is 0 Å². The van der Waals surface area contributed by atoms with Gasteiger partial charge in [-0.15, -0.1) is 53.6 Å². The fraction of sp³-hybridized carbons (Fsp3) is 0.0286. The second-order valence-corrected chi connectivity index (χ2v) is 9.83. The molecule has 6 heteroatoms. The Bertz CT molecular complexity index is 2190. The van der Waals surface area contributed by atoms with Crippen molar-refractivity contribution < 1.29 is 25.5 Å². The molecular formula is C35H22N4OPt. The van der Waals surface area contributed by atoms with E-state index in [-0.39, 0.29) is 21.1 Å². The maximum Gasteiger partial charge on any atom is 2.00 e. The van der Waals surface area contributed by atoms with Crippen molar-refractivity contribution in [2.45, 2.75) is 0 Å². The molecule has 5 nitrogen and oxygen atoms in total. The van der Waals surface area contributed by atoms with Crippen LogP contribution in [0.15, 0.2) is 120 Å². The van der Waals surface area contributed by atoms with Gasteiger partial charge in [0.2, 0.25) is 0 Å². The number of furan rings is 1. The average Bonchev–Trinajstić information content (AvgIpc) is 3.74. The van der Waals surface area contributed by atoms with Gasteiger partial charge < -0.3 is 18.5 Å². The Morgan fingerprint density at radius 2 is 1.59 bits per heavy atom. The first-order valence-electron chi connectivity index (χ1n) is 13.1. The monoisotopic (exact) mass is 709 g/mol. The number of pyridine rings is 1. The number of hydrogen-bond acceptors (Lipinski definition) is 3. The van der Waals surface area contributed by atoms with Gasteiger partial charge >= 0.3 is 21.1 Å². The van der Waals surface area contributed by atoms with Crippen molar-refractivity contribution in [1.29, 1.82) is 0 Å². The second kappa shape index (κ2) is 10.0. The van der Waals surface area contributed by atoms with Crippen molar-refractivity contribution in [3.63, 3.8) is 0 Å².